The summed E-state index contributed by atoms with van der Waals surface area (Å²) in [6.07, 6.45) is 9.86. The number of carbonyl (C=O) groups excluding carboxylic acids is 1. The van der Waals surface area contributed by atoms with Crippen LogP contribution in [0.5, 0.6) is 11.5 Å². The predicted octanol–water partition coefficient (Wildman–Crippen LogP) is 3.90. The maximum absolute atomic E-state index is 12.7. The molecule has 7 nitrogen and oxygen atoms in total. The second kappa shape index (κ2) is 8.02. The van der Waals surface area contributed by atoms with Gasteiger partial charge in [0.25, 0.3) is 5.91 Å². The second-order valence-corrected chi connectivity index (χ2v) is 6.25. The highest BCUT2D eigenvalue weighted by Gasteiger charge is 2.15. The summed E-state index contributed by atoms with van der Waals surface area (Å²) in [5, 5.41) is 2.90. The lowest BCUT2D eigenvalue weighted by molar-refractivity contribution is 0.0964. The molecule has 1 aliphatic carbocycles. The molecular formula is C22H19N3O4. The van der Waals surface area contributed by atoms with E-state index in [1.165, 1.54) is 7.11 Å². The minimum atomic E-state index is -0.269. The molecule has 1 aliphatic rings. The van der Waals surface area contributed by atoms with Crippen molar-refractivity contribution in [1.82, 2.24) is 15.3 Å². The third-order valence-corrected chi connectivity index (χ3v) is 4.44. The maximum Gasteiger partial charge on any atom is 0.259 e. The van der Waals surface area contributed by atoms with Crippen LogP contribution >= 0.6 is 0 Å². The van der Waals surface area contributed by atoms with Crippen LogP contribution < -0.4 is 14.8 Å². The molecule has 29 heavy (non-hydrogen) atoms. The first-order valence-corrected chi connectivity index (χ1v) is 9.01. The van der Waals surface area contributed by atoms with Crippen molar-refractivity contribution in [3.63, 3.8) is 0 Å². The molecule has 0 aliphatic heterocycles. The van der Waals surface area contributed by atoms with E-state index in [9.17, 15) is 4.79 Å². The number of hydrogen-bond acceptors (Lipinski definition) is 6. The Hall–Kier alpha value is -3.87. The van der Waals surface area contributed by atoms with Crippen molar-refractivity contribution in [3.8, 4) is 11.5 Å². The van der Waals surface area contributed by atoms with E-state index in [0.29, 0.717) is 46.3 Å². The van der Waals surface area contributed by atoms with Gasteiger partial charge in [-0.3, -0.25) is 4.79 Å². The molecule has 0 fully saturated rings. The molecule has 0 bridgehead atoms. The van der Waals surface area contributed by atoms with Gasteiger partial charge >= 0.3 is 0 Å². The van der Waals surface area contributed by atoms with Gasteiger partial charge in [0, 0.05) is 23.5 Å². The van der Waals surface area contributed by atoms with Crippen molar-refractivity contribution in [2.45, 2.75) is 6.42 Å². The van der Waals surface area contributed by atoms with E-state index in [2.05, 4.69) is 15.3 Å². The number of nitrogens with one attached hydrogen (secondary N) is 1. The van der Waals surface area contributed by atoms with Gasteiger partial charge in [-0.15, -0.1) is 0 Å². The Bertz CT molecular complexity index is 1120. The van der Waals surface area contributed by atoms with E-state index in [1.54, 1.807) is 37.6 Å². The topological polar surface area (TPSA) is 86.5 Å². The standard InChI is InChI=1S/C22H19N3O4/c1-27-16-10-11-17(19(13-16)28-2)21(26)24-15-6-3-5-14(8-9-15)22-25-20-18(29-22)7-4-12-23-20/h4-13H,3H2,1-2H3,(H,24,26). The molecule has 0 atom stereocenters. The Morgan fingerprint density at radius 2 is 2.03 bits per heavy atom. The number of nitrogens with zero attached hydrogens (tertiary/aromatic N) is 2. The van der Waals surface area contributed by atoms with Crippen LogP contribution in [0.4, 0.5) is 0 Å². The Morgan fingerprint density at radius 3 is 2.83 bits per heavy atom. The van der Waals surface area contributed by atoms with Gasteiger partial charge in [0.05, 0.1) is 19.8 Å². The van der Waals surface area contributed by atoms with E-state index in [-0.39, 0.29) is 5.91 Å². The highest BCUT2D eigenvalue weighted by Crippen LogP contribution is 2.26. The molecule has 2 heterocycles. The molecule has 0 radical (unpaired) electrons. The number of methoxy groups -OCH3 is 2. The normalized spacial score (nSPS) is 13.4. The zero-order valence-corrected chi connectivity index (χ0v) is 16.0. The number of fused-ring (bicyclic) bond motifs is 1. The highest BCUT2D eigenvalue weighted by molar-refractivity contribution is 5.98. The monoisotopic (exact) mass is 389 g/mol. The summed E-state index contributed by atoms with van der Waals surface area (Å²) in [5.74, 6) is 1.29. The Balaban J connectivity index is 1.50. The molecule has 0 saturated carbocycles. The number of aromatic nitrogens is 2. The third kappa shape index (κ3) is 3.89. The van der Waals surface area contributed by atoms with Gasteiger partial charge in [0.15, 0.2) is 11.2 Å². The summed E-state index contributed by atoms with van der Waals surface area (Å²) in [6, 6.07) is 8.69. The lowest BCUT2D eigenvalue weighted by Gasteiger charge is -2.11. The van der Waals surface area contributed by atoms with E-state index in [0.717, 1.165) is 5.57 Å². The maximum atomic E-state index is 12.7. The molecule has 0 spiro atoms. The molecule has 7 heteroatoms. The third-order valence-electron chi connectivity index (χ3n) is 4.44. The zero-order chi connectivity index (χ0) is 20.2. The number of oxazole rings is 1. The molecule has 2 aromatic heterocycles. The van der Waals surface area contributed by atoms with Crippen molar-refractivity contribution >= 4 is 22.7 Å². The lowest BCUT2D eigenvalue weighted by Crippen LogP contribution is -2.22. The quantitative estimate of drug-likeness (QED) is 0.712. The zero-order valence-electron chi connectivity index (χ0n) is 16.0. The van der Waals surface area contributed by atoms with Gasteiger partial charge in [-0.25, -0.2) is 4.98 Å². The average Bonchev–Trinajstić information content (AvgIpc) is 3.05. The van der Waals surface area contributed by atoms with Crippen molar-refractivity contribution in [2.24, 2.45) is 0 Å². The fourth-order valence-corrected chi connectivity index (χ4v) is 2.96. The molecule has 3 aromatic rings. The fourth-order valence-electron chi connectivity index (χ4n) is 2.96. The number of benzene rings is 1. The van der Waals surface area contributed by atoms with Crippen LogP contribution in [-0.2, 0) is 0 Å². The van der Waals surface area contributed by atoms with E-state index < -0.39 is 0 Å². The van der Waals surface area contributed by atoms with Crippen LogP contribution in [0.1, 0.15) is 22.7 Å². The van der Waals surface area contributed by atoms with Gasteiger partial charge in [0.2, 0.25) is 5.89 Å². The molecule has 1 N–H and O–H groups in total. The number of hydrogen-bond donors (Lipinski definition) is 1. The van der Waals surface area contributed by atoms with Crippen molar-refractivity contribution in [3.05, 3.63) is 78.0 Å². The first-order valence-electron chi connectivity index (χ1n) is 9.01. The van der Waals surface area contributed by atoms with Gasteiger partial charge in [0.1, 0.15) is 11.5 Å². The Kier molecular flexibility index (Phi) is 5.11. The minimum Gasteiger partial charge on any atom is -0.497 e. The van der Waals surface area contributed by atoms with Crippen LogP contribution in [0.2, 0.25) is 0 Å². The predicted molar refractivity (Wildman–Crippen MR) is 109 cm³/mol. The van der Waals surface area contributed by atoms with E-state index in [4.69, 9.17) is 13.9 Å². The first kappa shape index (κ1) is 18.5. The van der Waals surface area contributed by atoms with Crippen LogP contribution in [0, 0.1) is 0 Å². The summed E-state index contributed by atoms with van der Waals surface area (Å²) in [6.45, 7) is 0. The van der Waals surface area contributed by atoms with E-state index >= 15 is 0 Å². The van der Waals surface area contributed by atoms with Gasteiger partial charge < -0.3 is 19.2 Å². The smallest absolute Gasteiger partial charge is 0.259 e. The summed E-state index contributed by atoms with van der Waals surface area (Å²) >= 11 is 0. The molecule has 4 rings (SSSR count). The molecule has 1 amide bonds. The summed E-state index contributed by atoms with van der Waals surface area (Å²) in [7, 11) is 3.08. The van der Waals surface area contributed by atoms with Crippen LogP contribution in [0.3, 0.4) is 0 Å². The van der Waals surface area contributed by atoms with E-state index in [1.807, 2.05) is 30.4 Å². The molecule has 0 unspecified atom stereocenters. The average molecular weight is 389 g/mol. The molecule has 1 aromatic carbocycles. The molecule has 146 valence electrons. The van der Waals surface area contributed by atoms with Crippen molar-refractivity contribution < 1.29 is 18.7 Å². The minimum absolute atomic E-state index is 0.269. The molecular weight excluding hydrogens is 370 g/mol. The number of allylic oxidation sites excluding steroid dienone is 5. The fraction of sp³-hybridized carbons (Fsp3) is 0.136. The van der Waals surface area contributed by atoms with Crippen LogP contribution in [0.25, 0.3) is 16.8 Å². The summed E-state index contributed by atoms with van der Waals surface area (Å²) in [4.78, 5) is 21.3. The summed E-state index contributed by atoms with van der Waals surface area (Å²) < 4.78 is 16.3. The van der Waals surface area contributed by atoms with Crippen molar-refractivity contribution in [1.29, 1.82) is 0 Å². The van der Waals surface area contributed by atoms with Gasteiger partial charge in [-0.05, 0) is 42.8 Å². The second-order valence-electron chi connectivity index (χ2n) is 6.25. The van der Waals surface area contributed by atoms with Gasteiger partial charge in [-0.2, -0.15) is 4.98 Å². The number of ether oxygens (including phenoxy) is 2. The number of carbonyl (C=O) groups is 1. The SMILES string of the molecule is COc1ccc(C(=O)NC2=CCC=C(c3nc4ncccc4o3)C=C2)c(OC)c1. The number of rotatable bonds is 5. The lowest BCUT2D eigenvalue weighted by atomic mass is 10.1. The van der Waals surface area contributed by atoms with Crippen LogP contribution in [-0.4, -0.2) is 30.1 Å². The Morgan fingerprint density at radius 1 is 1.14 bits per heavy atom. The molecule has 0 saturated heterocycles. The number of pyridine rings is 1. The highest BCUT2D eigenvalue weighted by atomic mass is 16.5. The van der Waals surface area contributed by atoms with Crippen LogP contribution in [0.15, 0.2) is 70.9 Å². The Labute approximate surface area is 167 Å². The number of amides is 1. The summed E-state index contributed by atoms with van der Waals surface area (Å²) in [5.41, 5.74) is 3.12. The van der Waals surface area contributed by atoms with Crippen molar-refractivity contribution in [2.75, 3.05) is 14.2 Å². The van der Waals surface area contributed by atoms with Gasteiger partial charge in [-0.1, -0.05) is 12.2 Å². The largest absolute Gasteiger partial charge is 0.497 e. The first-order chi connectivity index (χ1) is 14.2.